The Balaban J connectivity index is 3.46. The molecule has 0 aromatic carbocycles. The molecule has 0 aromatic rings. The molecule has 2 atom stereocenters. The lowest BCUT2D eigenvalue weighted by atomic mass is 9.98. The van der Waals surface area contributed by atoms with Gasteiger partial charge in [-0.25, -0.2) is 4.79 Å². The van der Waals surface area contributed by atoms with E-state index in [-0.39, 0.29) is 0 Å². The first-order valence-electron chi connectivity index (χ1n) is 4.48. The van der Waals surface area contributed by atoms with Crippen molar-refractivity contribution in [3.63, 3.8) is 0 Å². The van der Waals surface area contributed by atoms with Crippen LogP contribution in [0.2, 0.25) is 0 Å². The van der Waals surface area contributed by atoms with Crippen LogP contribution < -0.4 is 0 Å². The molecule has 0 saturated carbocycles. The Kier molecular flexibility index (Phi) is 5.72. The Morgan fingerprint density at radius 2 is 1.92 bits per heavy atom. The molecule has 3 heteroatoms. The van der Waals surface area contributed by atoms with Gasteiger partial charge in [0.1, 0.15) is 0 Å². The quantitative estimate of drug-likeness (QED) is 0.643. The topological polar surface area (TPSA) is 57.5 Å². The summed E-state index contributed by atoms with van der Waals surface area (Å²) in [6, 6.07) is 0. The van der Waals surface area contributed by atoms with Gasteiger partial charge in [-0.2, -0.15) is 0 Å². The smallest absolute Gasteiger partial charge is 0.332 e. The Labute approximate surface area is 73.4 Å². The van der Waals surface area contributed by atoms with Crippen LogP contribution in [0.1, 0.15) is 39.5 Å². The summed E-state index contributed by atoms with van der Waals surface area (Å²) in [4.78, 5) is 10.2. The van der Waals surface area contributed by atoms with Gasteiger partial charge in [0.05, 0.1) is 0 Å². The number of carboxylic acids is 1. The molecule has 0 amide bonds. The van der Waals surface area contributed by atoms with Crippen LogP contribution in [0, 0.1) is 5.92 Å². The normalized spacial score (nSPS) is 15.6. The van der Waals surface area contributed by atoms with Crippen molar-refractivity contribution in [2.45, 2.75) is 45.6 Å². The second-order valence-electron chi connectivity index (χ2n) is 3.33. The predicted molar refractivity (Wildman–Crippen MR) is 46.9 cm³/mol. The number of aliphatic hydroxyl groups is 1. The lowest BCUT2D eigenvalue weighted by molar-refractivity contribution is -0.147. The molecule has 0 aliphatic rings. The summed E-state index contributed by atoms with van der Waals surface area (Å²) in [5.41, 5.74) is 0. The zero-order chi connectivity index (χ0) is 9.56. The van der Waals surface area contributed by atoms with Crippen LogP contribution in [0.4, 0.5) is 0 Å². The summed E-state index contributed by atoms with van der Waals surface area (Å²) in [6.07, 6.45) is 2.21. The highest BCUT2D eigenvalue weighted by Crippen LogP contribution is 2.13. The van der Waals surface area contributed by atoms with E-state index in [2.05, 4.69) is 13.8 Å². The van der Waals surface area contributed by atoms with E-state index in [4.69, 9.17) is 10.2 Å². The fraction of sp³-hybridized carbons (Fsp3) is 0.889. The Morgan fingerprint density at radius 3 is 2.33 bits per heavy atom. The first-order valence-corrected chi connectivity index (χ1v) is 4.48. The number of carbonyl (C=O) groups is 1. The summed E-state index contributed by atoms with van der Waals surface area (Å²) in [6.45, 7) is 4.18. The summed E-state index contributed by atoms with van der Waals surface area (Å²) in [5.74, 6) is -0.595. The summed E-state index contributed by atoms with van der Waals surface area (Å²) in [7, 11) is 0. The molecule has 0 rings (SSSR count). The lowest BCUT2D eigenvalue weighted by Gasteiger charge is -2.10. The van der Waals surface area contributed by atoms with Crippen molar-refractivity contribution < 1.29 is 15.0 Å². The third kappa shape index (κ3) is 5.13. The first-order chi connectivity index (χ1) is 5.57. The van der Waals surface area contributed by atoms with Gasteiger partial charge in [0.15, 0.2) is 6.10 Å². The summed E-state index contributed by atoms with van der Waals surface area (Å²) in [5, 5.41) is 17.3. The lowest BCUT2D eigenvalue weighted by Crippen LogP contribution is -2.19. The van der Waals surface area contributed by atoms with Gasteiger partial charge in [0, 0.05) is 0 Å². The summed E-state index contributed by atoms with van der Waals surface area (Å²) >= 11 is 0. The second kappa shape index (κ2) is 6.00. The van der Waals surface area contributed by atoms with Crippen LogP contribution in [-0.2, 0) is 4.79 Å². The van der Waals surface area contributed by atoms with Crippen LogP contribution in [0.5, 0.6) is 0 Å². The maximum Gasteiger partial charge on any atom is 0.332 e. The first kappa shape index (κ1) is 11.4. The van der Waals surface area contributed by atoms with Crippen LogP contribution in [-0.4, -0.2) is 22.3 Å². The molecule has 2 unspecified atom stereocenters. The molecule has 0 radical (unpaired) electrons. The Hall–Kier alpha value is -0.570. The van der Waals surface area contributed by atoms with Crippen LogP contribution >= 0.6 is 0 Å². The van der Waals surface area contributed by atoms with Gasteiger partial charge >= 0.3 is 5.97 Å². The van der Waals surface area contributed by atoms with Gasteiger partial charge in [-0.1, -0.05) is 26.7 Å². The zero-order valence-corrected chi connectivity index (χ0v) is 7.79. The SMILES string of the molecule is CCCC(C)CCC(O)C(=O)O. The van der Waals surface area contributed by atoms with Crippen molar-refractivity contribution >= 4 is 5.97 Å². The van der Waals surface area contributed by atoms with Crippen molar-refractivity contribution in [2.24, 2.45) is 5.92 Å². The number of aliphatic carboxylic acids is 1. The average molecular weight is 174 g/mol. The molecule has 3 nitrogen and oxygen atoms in total. The van der Waals surface area contributed by atoms with E-state index in [1.165, 1.54) is 0 Å². The zero-order valence-electron chi connectivity index (χ0n) is 7.79. The Morgan fingerprint density at radius 1 is 1.33 bits per heavy atom. The molecule has 0 aliphatic carbocycles. The number of aliphatic hydroxyl groups excluding tert-OH is 1. The highest BCUT2D eigenvalue weighted by atomic mass is 16.4. The monoisotopic (exact) mass is 174 g/mol. The molecule has 0 aliphatic heterocycles. The van der Waals surface area contributed by atoms with Crippen molar-refractivity contribution in [1.82, 2.24) is 0 Å². The van der Waals surface area contributed by atoms with Crippen LogP contribution in [0.3, 0.4) is 0 Å². The molecule has 0 spiro atoms. The van der Waals surface area contributed by atoms with Gasteiger partial charge in [-0.15, -0.1) is 0 Å². The van der Waals surface area contributed by atoms with Crippen LogP contribution in [0.25, 0.3) is 0 Å². The van der Waals surface area contributed by atoms with E-state index in [9.17, 15) is 4.79 Å². The average Bonchev–Trinajstić information content (AvgIpc) is 2.00. The standard InChI is InChI=1S/C9H18O3/c1-3-4-7(2)5-6-8(10)9(11)12/h7-8,10H,3-6H2,1-2H3,(H,11,12). The Bertz CT molecular complexity index is 134. The predicted octanol–water partition coefficient (Wildman–Crippen LogP) is 1.65. The fourth-order valence-corrected chi connectivity index (χ4v) is 1.20. The third-order valence-electron chi connectivity index (χ3n) is 2.00. The fourth-order valence-electron chi connectivity index (χ4n) is 1.20. The minimum atomic E-state index is -1.18. The molecule has 0 saturated heterocycles. The molecule has 0 bridgehead atoms. The molecule has 12 heavy (non-hydrogen) atoms. The highest BCUT2D eigenvalue weighted by Gasteiger charge is 2.13. The van der Waals surface area contributed by atoms with Crippen LogP contribution in [0.15, 0.2) is 0 Å². The molecule has 72 valence electrons. The maximum atomic E-state index is 10.2. The highest BCUT2D eigenvalue weighted by molar-refractivity contribution is 5.71. The van der Waals surface area contributed by atoms with E-state index in [0.29, 0.717) is 12.3 Å². The van der Waals surface area contributed by atoms with Gasteiger partial charge in [-0.3, -0.25) is 0 Å². The second-order valence-corrected chi connectivity index (χ2v) is 3.33. The minimum Gasteiger partial charge on any atom is -0.479 e. The van der Waals surface area contributed by atoms with Crippen molar-refractivity contribution in [3.05, 3.63) is 0 Å². The third-order valence-corrected chi connectivity index (χ3v) is 2.00. The van der Waals surface area contributed by atoms with E-state index in [1.807, 2.05) is 0 Å². The van der Waals surface area contributed by atoms with Gasteiger partial charge < -0.3 is 10.2 Å². The molecule has 2 N–H and O–H groups in total. The molecule has 0 aromatic heterocycles. The number of rotatable bonds is 6. The van der Waals surface area contributed by atoms with E-state index in [1.54, 1.807) is 0 Å². The molecule has 0 fully saturated rings. The van der Waals surface area contributed by atoms with Gasteiger partial charge in [0.2, 0.25) is 0 Å². The van der Waals surface area contributed by atoms with E-state index < -0.39 is 12.1 Å². The van der Waals surface area contributed by atoms with Crippen molar-refractivity contribution in [1.29, 1.82) is 0 Å². The minimum absolute atomic E-state index is 0.372. The summed E-state index contributed by atoms with van der Waals surface area (Å²) < 4.78 is 0. The largest absolute Gasteiger partial charge is 0.479 e. The molecular weight excluding hydrogens is 156 g/mol. The van der Waals surface area contributed by atoms with Gasteiger partial charge in [0.25, 0.3) is 0 Å². The number of hydrogen-bond acceptors (Lipinski definition) is 2. The van der Waals surface area contributed by atoms with Crippen molar-refractivity contribution in [2.75, 3.05) is 0 Å². The number of carboxylic acid groups (broad SMARTS) is 1. The van der Waals surface area contributed by atoms with E-state index in [0.717, 1.165) is 19.3 Å². The van der Waals surface area contributed by atoms with Crippen molar-refractivity contribution in [3.8, 4) is 0 Å². The molecule has 0 heterocycles. The molecular formula is C9H18O3. The van der Waals surface area contributed by atoms with E-state index >= 15 is 0 Å². The number of hydrogen-bond donors (Lipinski definition) is 2. The maximum absolute atomic E-state index is 10.2. The van der Waals surface area contributed by atoms with Gasteiger partial charge in [-0.05, 0) is 18.8 Å².